The number of aliphatic hydroxyl groups is 1. The number of unbranched alkanes of at least 4 members (excludes halogenated alkanes) is 1. The average Bonchev–Trinajstić information content (AvgIpc) is 2.82. The zero-order valence-corrected chi connectivity index (χ0v) is 51.3. The van der Waals surface area contributed by atoms with Crippen molar-refractivity contribution in [3.8, 4) is 5.75 Å². The first-order valence-electron chi connectivity index (χ1n) is 30.4. The molecule has 0 spiro atoms. The number of aliphatic imine (C=N–C) groups is 1. The van der Waals surface area contributed by atoms with E-state index in [0.29, 0.717) is 47.0 Å². The highest BCUT2D eigenvalue weighted by Crippen LogP contribution is 2.23. The third-order valence-electron chi connectivity index (χ3n) is 15.6. The number of phenols is 1. The van der Waals surface area contributed by atoms with Crippen LogP contribution in [0.25, 0.3) is 10.9 Å². The molecule has 0 radical (unpaired) electrons. The number of hydrogen-bond acceptors (Lipinski definition) is 16. The Hall–Kier alpha value is -9.65. The van der Waals surface area contributed by atoms with Crippen LogP contribution in [0.3, 0.4) is 0 Å². The molecule has 4 aromatic rings. The fraction of sp³-hybridized carbons (Fsp3) is 0.517. The maximum absolute atomic E-state index is 14.7. The van der Waals surface area contributed by atoms with Crippen molar-refractivity contribution >= 4 is 81.8 Å². The van der Waals surface area contributed by atoms with Crippen LogP contribution in [0.4, 0.5) is 0 Å². The van der Waals surface area contributed by atoms with Crippen LogP contribution in [0.1, 0.15) is 102 Å². The summed E-state index contributed by atoms with van der Waals surface area (Å²) in [6.45, 7) is 4.42. The summed E-state index contributed by atoms with van der Waals surface area (Å²) in [6, 6.07) is -0.191. The van der Waals surface area contributed by atoms with Crippen LogP contribution in [0.5, 0.6) is 5.75 Å². The smallest absolute Gasteiger partial charge is 0.245 e. The summed E-state index contributed by atoms with van der Waals surface area (Å²) in [4.78, 5) is 168. The Kier molecular flexibility index (Phi) is 26.6. The van der Waals surface area contributed by atoms with E-state index >= 15 is 0 Å². The number of aliphatic hydroxyl groups excluding tert-OH is 1. The summed E-state index contributed by atoms with van der Waals surface area (Å²) in [7, 11) is 0. The predicted molar refractivity (Wildman–Crippen MR) is 332 cm³/mol. The maximum Gasteiger partial charge on any atom is 0.245 e. The summed E-state index contributed by atoms with van der Waals surface area (Å²) in [5, 5.41) is 45.5. The minimum atomic E-state index is -1.78. The number of benzene rings is 2. The topological polar surface area (TPSA) is 501 Å². The summed E-state index contributed by atoms with van der Waals surface area (Å²) in [5.74, 6) is -8.90. The number of aromatic hydroxyl groups is 1. The molecule has 31 heteroatoms. The van der Waals surface area contributed by atoms with Gasteiger partial charge in [0.15, 0.2) is 5.96 Å². The Bertz CT molecular complexity index is 3210. The van der Waals surface area contributed by atoms with Gasteiger partial charge in [0, 0.05) is 67.8 Å². The van der Waals surface area contributed by atoms with Gasteiger partial charge in [-0.15, -0.1) is 0 Å². The molecule has 0 aliphatic carbocycles. The fourth-order valence-electron chi connectivity index (χ4n) is 10.7. The van der Waals surface area contributed by atoms with E-state index in [9.17, 15) is 63.0 Å². The highest BCUT2D eigenvalue weighted by Gasteiger charge is 2.40. The molecule has 6 rings (SSSR count). The quantitative estimate of drug-likeness (QED) is 0.0121. The lowest BCUT2D eigenvalue weighted by atomic mass is 10.00. The van der Waals surface area contributed by atoms with Gasteiger partial charge in [0.2, 0.25) is 65.0 Å². The molecule has 494 valence electrons. The van der Waals surface area contributed by atoms with Crippen molar-refractivity contribution in [3.05, 3.63) is 84.1 Å². The van der Waals surface area contributed by atoms with Gasteiger partial charge >= 0.3 is 0 Å². The Morgan fingerprint density at radius 3 is 1.91 bits per heavy atom. The van der Waals surface area contributed by atoms with Crippen LogP contribution in [-0.4, -0.2) is 188 Å². The Morgan fingerprint density at radius 2 is 1.29 bits per heavy atom. The molecule has 2 aromatic carbocycles. The van der Waals surface area contributed by atoms with Crippen molar-refractivity contribution in [1.82, 2.24) is 67.7 Å². The third-order valence-corrected chi connectivity index (χ3v) is 15.6. The molecule has 0 unspecified atom stereocenters. The van der Waals surface area contributed by atoms with Gasteiger partial charge in [-0.3, -0.25) is 57.7 Å². The van der Waals surface area contributed by atoms with Crippen LogP contribution >= 0.6 is 0 Å². The number of rotatable bonds is 35. The zero-order chi connectivity index (χ0) is 66.3. The molecule has 2 aliphatic rings. The SMILES string of the molecule is CC(C)C[C@H](NC(=O)[C@@H](CCCCN)NC(=O)[C@H](Cc1ccc(O)cc1)NC(=O)[C@@H](CO)NC(=O)[C@H](Cc1c[nH]c2ccccc12)NC(=O)[C@@H](Cc1cnc[nH]1)NC(=O)[C@@H]1CCC(=O)N1)C(=O)N[C@@H](CCCN=C(N)N)C(=O)N1CCC[C@H]1C(=O)N[C@H](C)C(N)=O. The van der Waals surface area contributed by atoms with Gasteiger partial charge in [0.25, 0.3) is 0 Å². The standard InChI is InChI=1S/C60H86N18O13/c1-32(2)24-43(53(85)72-42(13-8-22-66-60(63)64)59(91)78-23-9-14-48(78)58(90)69-33(3)50(62)82)73-51(83)40(12-6-7-21-61)71-54(86)44(25-34-15-17-37(80)18-16-34)74-57(89)47(30-79)77-55(87)45(26-35-28-67-39-11-5-4-10-38(35)39)75-56(88)46(27-36-29-65-31-68-36)76-52(84)41-19-20-49(81)70-41/h4-5,10-11,15-18,28-29,31-33,40-48,67,79-80H,6-9,12-14,19-27,30,61H2,1-3H3,(H2,62,82)(H,65,68)(H,69,90)(H,70,81)(H,71,86)(H,72,85)(H,73,83)(H,74,89)(H,75,88)(H,76,84)(H,77,87)(H4,63,64,66)/t33-,40-,41+,42+,43+,44+,45+,46-,47-,48+/m1/s1. The van der Waals surface area contributed by atoms with Gasteiger partial charge < -0.3 is 95.9 Å². The summed E-state index contributed by atoms with van der Waals surface area (Å²) < 4.78 is 0. The number of hydrogen-bond donors (Lipinski definition) is 17. The van der Waals surface area contributed by atoms with E-state index in [2.05, 4.69) is 67.8 Å². The number of aromatic nitrogens is 3. The molecule has 10 atom stereocenters. The number of aromatic amines is 2. The largest absolute Gasteiger partial charge is 0.508 e. The molecule has 4 heterocycles. The number of carbonyl (C=O) groups is 11. The van der Waals surface area contributed by atoms with Crippen molar-refractivity contribution in [2.75, 3.05) is 26.2 Å². The number of fused-ring (bicyclic) bond motifs is 1. The van der Waals surface area contributed by atoms with Crippen molar-refractivity contribution in [2.24, 2.45) is 33.8 Å². The van der Waals surface area contributed by atoms with E-state index in [1.54, 1.807) is 44.3 Å². The summed E-state index contributed by atoms with van der Waals surface area (Å²) in [5.41, 5.74) is 24.5. The molecule has 21 N–H and O–H groups in total. The van der Waals surface area contributed by atoms with Gasteiger partial charge in [0.05, 0.1) is 12.9 Å². The lowest BCUT2D eigenvalue weighted by Crippen LogP contribution is -2.61. The van der Waals surface area contributed by atoms with Crippen LogP contribution < -0.4 is 70.8 Å². The fourth-order valence-corrected chi connectivity index (χ4v) is 10.7. The van der Waals surface area contributed by atoms with Gasteiger partial charge in [-0.2, -0.15) is 0 Å². The minimum Gasteiger partial charge on any atom is -0.508 e. The van der Waals surface area contributed by atoms with Crippen LogP contribution in [0.2, 0.25) is 0 Å². The molecule has 0 bridgehead atoms. The number of imidazole rings is 1. The first kappa shape index (κ1) is 70.4. The molecule has 91 heavy (non-hydrogen) atoms. The summed E-state index contributed by atoms with van der Waals surface area (Å²) in [6.07, 6.45) is 5.81. The number of likely N-dealkylation sites (tertiary alicyclic amines) is 1. The molecule has 2 aromatic heterocycles. The first-order chi connectivity index (χ1) is 43.4. The molecular formula is C60H86N18O13. The number of nitrogens with zero attached hydrogens (tertiary/aromatic N) is 3. The van der Waals surface area contributed by atoms with Crippen LogP contribution in [0, 0.1) is 5.92 Å². The lowest BCUT2D eigenvalue weighted by Gasteiger charge is -2.31. The minimum absolute atomic E-state index is 0.000189. The second kappa shape index (κ2) is 34.4. The number of para-hydroxylation sites is 1. The summed E-state index contributed by atoms with van der Waals surface area (Å²) >= 11 is 0. The normalized spacial score (nSPS) is 17.2. The van der Waals surface area contributed by atoms with E-state index < -0.39 is 126 Å². The Balaban J connectivity index is 1.23. The second-order valence-electron chi connectivity index (χ2n) is 23.2. The predicted octanol–water partition coefficient (Wildman–Crippen LogP) is -3.50. The van der Waals surface area contributed by atoms with Crippen molar-refractivity contribution < 1.29 is 63.0 Å². The van der Waals surface area contributed by atoms with Gasteiger partial charge in [-0.1, -0.05) is 44.2 Å². The van der Waals surface area contributed by atoms with Crippen molar-refractivity contribution in [1.29, 1.82) is 0 Å². The Morgan fingerprint density at radius 1 is 0.681 bits per heavy atom. The Labute approximate surface area is 525 Å². The van der Waals surface area contributed by atoms with E-state index in [1.165, 1.54) is 48.6 Å². The number of amides is 11. The number of nitrogens with two attached hydrogens (primary N) is 4. The average molecular weight is 1270 g/mol. The maximum atomic E-state index is 14.7. The molecule has 2 fully saturated rings. The van der Waals surface area contributed by atoms with Crippen LogP contribution in [0.15, 0.2) is 72.2 Å². The molecule has 2 saturated heterocycles. The third kappa shape index (κ3) is 21.3. The zero-order valence-electron chi connectivity index (χ0n) is 51.3. The molecule has 0 saturated carbocycles. The van der Waals surface area contributed by atoms with Gasteiger partial charge in [-0.05, 0) is 106 Å². The monoisotopic (exact) mass is 1270 g/mol. The number of primary amides is 1. The molecule has 11 amide bonds. The van der Waals surface area contributed by atoms with Gasteiger partial charge in [0.1, 0.15) is 66.2 Å². The number of guanidine groups is 1. The lowest BCUT2D eigenvalue weighted by molar-refractivity contribution is -0.142. The van der Waals surface area contributed by atoms with E-state index in [-0.39, 0.29) is 107 Å². The van der Waals surface area contributed by atoms with E-state index in [4.69, 9.17) is 22.9 Å². The highest BCUT2D eigenvalue weighted by atomic mass is 16.3. The van der Waals surface area contributed by atoms with Crippen LogP contribution in [-0.2, 0) is 72.0 Å². The van der Waals surface area contributed by atoms with Crippen molar-refractivity contribution in [3.63, 3.8) is 0 Å². The number of H-pyrrole nitrogens is 2. The highest BCUT2D eigenvalue weighted by molar-refractivity contribution is 6.00. The van der Waals surface area contributed by atoms with Gasteiger partial charge in [-0.25, -0.2) is 4.98 Å². The van der Waals surface area contributed by atoms with E-state index in [0.717, 1.165) is 0 Å². The first-order valence-corrected chi connectivity index (χ1v) is 30.4. The molecular weight excluding hydrogens is 1180 g/mol. The number of nitrogens with one attached hydrogen (secondary N) is 11. The number of phenolic OH excluding ortho intramolecular Hbond substituents is 1. The number of carbonyl (C=O) groups excluding carboxylic acids is 11. The molecule has 31 nitrogen and oxygen atoms in total. The van der Waals surface area contributed by atoms with E-state index in [1.807, 2.05) is 0 Å². The van der Waals surface area contributed by atoms with Crippen molar-refractivity contribution in [2.45, 2.75) is 165 Å². The molecule has 2 aliphatic heterocycles. The second-order valence-corrected chi connectivity index (χ2v) is 23.2.